The van der Waals surface area contributed by atoms with Gasteiger partial charge in [0.2, 0.25) is 0 Å². The van der Waals surface area contributed by atoms with E-state index < -0.39 is 0 Å². The molecule has 2 saturated heterocycles. The zero-order valence-corrected chi connectivity index (χ0v) is 18.1. The van der Waals surface area contributed by atoms with Crippen molar-refractivity contribution in [1.82, 2.24) is 14.8 Å². The average molecular weight is 428 g/mol. The molecule has 158 valence electrons. The lowest BCUT2D eigenvalue weighted by Crippen LogP contribution is -2.48. The monoisotopic (exact) mass is 427 g/mol. The van der Waals surface area contributed by atoms with Crippen molar-refractivity contribution in [3.63, 3.8) is 0 Å². The van der Waals surface area contributed by atoms with E-state index in [1.807, 2.05) is 41.9 Å². The number of nitrogens with one attached hydrogen (secondary N) is 1. The zero-order chi connectivity index (χ0) is 20.1. The normalized spacial score (nSPS) is 23.4. The molecule has 0 radical (unpaired) electrons. The van der Waals surface area contributed by atoms with Crippen LogP contribution >= 0.6 is 12.4 Å². The van der Waals surface area contributed by atoms with Crippen LogP contribution in [0, 0.1) is 5.82 Å². The molecule has 2 fully saturated rings. The fraction of sp³-hybridized carbons (Fsp3) is 0.375. The van der Waals surface area contributed by atoms with Crippen molar-refractivity contribution < 1.29 is 9.18 Å². The van der Waals surface area contributed by atoms with Crippen LogP contribution in [-0.4, -0.2) is 40.5 Å². The summed E-state index contributed by atoms with van der Waals surface area (Å²) in [6.07, 6.45) is 4.39. The number of nitrogens with zero attached hydrogens (tertiary/aromatic N) is 2. The number of para-hydroxylation sites is 1. The van der Waals surface area contributed by atoms with Crippen LogP contribution in [0.5, 0.6) is 0 Å². The predicted octanol–water partition coefficient (Wildman–Crippen LogP) is 4.76. The van der Waals surface area contributed by atoms with E-state index in [0.717, 1.165) is 23.7 Å². The first-order valence-electron chi connectivity index (χ1n) is 10.4. The molecular formula is C24H27ClFN3O. The Morgan fingerprint density at radius 1 is 1.00 bits per heavy atom. The number of rotatable bonds is 3. The highest BCUT2D eigenvalue weighted by Gasteiger charge is 2.39. The van der Waals surface area contributed by atoms with Gasteiger partial charge >= 0.3 is 0 Å². The van der Waals surface area contributed by atoms with Crippen LogP contribution in [0.3, 0.4) is 0 Å². The summed E-state index contributed by atoms with van der Waals surface area (Å²) in [6, 6.07) is 15.8. The van der Waals surface area contributed by atoms with Crippen molar-refractivity contribution in [2.45, 2.75) is 43.8 Å². The van der Waals surface area contributed by atoms with Gasteiger partial charge in [-0.15, -0.1) is 12.4 Å². The van der Waals surface area contributed by atoms with Gasteiger partial charge in [-0.1, -0.05) is 30.3 Å². The summed E-state index contributed by atoms with van der Waals surface area (Å²) in [7, 11) is 4.10. The number of piperidine rings is 1. The second-order valence-electron chi connectivity index (χ2n) is 8.47. The highest BCUT2D eigenvalue weighted by atomic mass is 35.5. The lowest BCUT2D eigenvalue weighted by Gasteiger charge is -2.36. The number of halogens is 2. The number of benzene rings is 2. The van der Waals surface area contributed by atoms with Crippen molar-refractivity contribution in [3.8, 4) is 11.3 Å². The lowest BCUT2D eigenvalue weighted by molar-refractivity contribution is 0.0884. The molecule has 2 aliphatic rings. The minimum Gasteiger partial charge on any atom is -0.349 e. The third kappa shape index (κ3) is 3.30. The Bertz CT molecular complexity index is 1080. The maximum absolute atomic E-state index is 14.7. The lowest BCUT2D eigenvalue weighted by atomic mass is 9.97. The summed E-state index contributed by atoms with van der Waals surface area (Å²) in [5.41, 5.74) is 2.59. The second kappa shape index (κ2) is 8.05. The SMILES string of the molecule is CN1[C@@H]2CC[C@H]1CC(NC(=O)c1c(-c3ccccc3F)n(C)c3ccccc13)C2.Cl. The number of fused-ring (bicyclic) bond motifs is 3. The Morgan fingerprint density at radius 2 is 1.63 bits per heavy atom. The van der Waals surface area contributed by atoms with E-state index in [2.05, 4.69) is 17.3 Å². The number of aryl methyl sites for hydroxylation is 1. The Kier molecular flexibility index (Phi) is 5.60. The average Bonchev–Trinajstić information content (AvgIpc) is 3.10. The minimum absolute atomic E-state index is 0. The molecule has 1 N–H and O–H groups in total. The number of carbonyl (C=O) groups is 1. The highest BCUT2D eigenvalue weighted by molar-refractivity contribution is 6.12. The maximum Gasteiger partial charge on any atom is 0.254 e. The van der Waals surface area contributed by atoms with Gasteiger partial charge in [0.15, 0.2) is 0 Å². The van der Waals surface area contributed by atoms with E-state index in [-0.39, 0.29) is 30.2 Å². The molecule has 3 heterocycles. The molecule has 1 aromatic heterocycles. The number of aromatic nitrogens is 1. The molecule has 2 bridgehead atoms. The fourth-order valence-electron chi connectivity index (χ4n) is 5.38. The molecule has 3 aromatic rings. The Hall–Kier alpha value is -2.37. The largest absolute Gasteiger partial charge is 0.349 e. The molecule has 3 atom stereocenters. The molecule has 5 rings (SSSR count). The van der Waals surface area contributed by atoms with E-state index in [1.54, 1.807) is 12.1 Å². The number of amides is 1. The number of carbonyl (C=O) groups excluding carboxylic acids is 1. The third-order valence-electron chi connectivity index (χ3n) is 6.90. The van der Waals surface area contributed by atoms with Crippen LogP contribution in [0.15, 0.2) is 48.5 Å². The molecular weight excluding hydrogens is 401 g/mol. The van der Waals surface area contributed by atoms with Crippen LogP contribution in [0.4, 0.5) is 4.39 Å². The smallest absolute Gasteiger partial charge is 0.254 e. The van der Waals surface area contributed by atoms with E-state index >= 15 is 0 Å². The molecule has 30 heavy (non-hydrogen) atoms. The van der Waals surface area contributed by atoms with Crippen LogP contribution in [0.25, 0.3) is 22.2 Å². The quantitative estimate of drug-likeness (QED) is 0.654. The van der Waals surface area contributed by atoms with Gasteiger partial charge in [-0.3, -0.25) is 4.79 Å². The molecule has 2 aliphatic heterocycles. The van der Waals surface area contributed by atoms with Crippen LogP contribution in [0.1, 0.15) is 36.0 Å². The first-order chi connectivity index (χ1) is 14.0. The predicted molar refractivity (Wildman–Crippen MR) is 121 cm³/mol. The van der Waals surface area contributed by atoms with Gasteiger partial charge < -0.3 is 14.8 Å². The van der Waals surface area contributed by atoms with Crippen LogP contribution in [-0.2, 0) is 7.05 Å². The molecule has 0 spiro atoms. The van der Waals surface area contributed by atoms with Crippen molar-refractivity contribution in [3.05, 3.63) is 59.9 Å². The maximum atomic E-state index is 14.7. The van der Waals surface area contributed by atoms with Gasteiger partial charge in [0.05, 0.1) is 11.3 Å². The highest BCUT2D eigenvalue weighted by Crippen LogP contribution is 2.36. The summed E-state index contributed by atoms with van der Waals surface area (Å²) in [6.45, 7) is 0. The van der Waals surface area contributed by atoms with E-state index in [4.69, 9.17) is 0 Å². The molecule has 6 heteroatoms. The van der Waals surface area contributed by atoms with Crippen molar-refractivity contribution in [2.24, 2.45) is 7.05 Å². The van der Waals surface area contributed by atoms with Gasteiger partial charge in [-0.2, -0.15) is 0 Å². The fourth-order valence-corrected chi connectivity index (χ4v) is 5.38. The first kappa shape index (κ1) is 20.9. The third-order valence-corrected chi connectivity index (χ3v) is 6.90. The molecule has 4 nitrogen and oxygen atoms in total. The minimum atomic E-state index is -0.315. The van der Waals surface area contributed by atoms with E-state index in [9.17, 15) is 9.18 Å². The van der Waals surface area contributed by atoms with Crippen LogP contribution < -0.4 is 5.32 Å². The van der Waals surface area contributed by atoms with Gasteiger partial charge in [-0.25, -0.2) is 4.39 Å². The summed E-state index contributed by atoms with van der Waals surface area (Å²) in [5, 5.41) is 4.15. The topological polar surface area (TPSA) is 37.3 Å². The second-order valence-corrected chi connectivity index (χ2v) is 8.47. The Morgan fingerprint density at radius 3 is 2.33 bits per heavy atom. The van der Waals surface area contributed by atoms with Crippen molar-refractivity contribution in [1.29, 1.82) is 0 Å². The molecule has 2 aromatic carbocycles. The van der Waals surface area contributed by atoms with Gasteiger partial charge in [0.25, 0.3) is 5.91 Å². The number of hydrogen-bond donors (Lipinski definition) is 1. The summed E-state index contributed by atoms with van der Waals surface area (Å²) in [4.78, 5) is 16.0. The Labute approximate surface area is 182 Å². The molecule has 1 amide bonds. The molecule has 0 aliphatic carbocycles. The Balaban J connectivity index is 0.00000218. The van der Waals surface area contributed by atoms with E-state index in [0.29, 0.717) is 28.9 Å². The summed E-state index contributed by atoms with van der Waals surface area (Å²) in [5.74, 6) is -0.418. The van der Waals surface area contributed by atoms with Gasteiger partial charge in [-0.05, 0) is 50.9 Å². The summed E-state index contributed by atoms with van der Waals surface area (Å²) < 4.78 is 16.6. The van der Waals surface area contributed by atoms with Gasteiger partial charge in [0.1, 0.15) is 5.82 Å². The molecule has 1 unspecified atom stereocenters. The standard InChI is InChI=1S/C24H26FN3O.ClH/c1-27-16-11-12-17(27)14-15(13-16)26-24(29)22-19-8-4-6-10-21(19)28(2)23(22)18-7-3-5-9-20(18)25;/h3-10,15-17H,11-14H2,1-2H3,(H,26,29);1H/t15?,16-,17+;. The zero-order valence-electron chi connectivity index (χ0n) is 17.3. The first-order valence-corrected chi connectivity index (χ1v) is 10.4. The molecule has 0 saturated carbocycles. The van der Waals surface area contributed by atoms with Crippen LogP contribution in [0.2, 0.25) is 0 Å². The summed E-state index contributed by atoms with van der Waals surface area (Å²) >= 11 is 0. The van der Waals surface area contributed by atoms with Crippen molar-refractivity contribution >= 4 is 29.2 Å². The van der Waals surface area contributed by atoms with E-state index in [1.165, 1.54) is 18.9 Å². The van der Waals surface area contributed by atoms with Gasteiger partial charge in [0, 0.05) is 41.6 Å². The number of hydrogen-bond acceptors (Lipinski definition) is 2. The van der Waals surface area contributed by atoms with Crippen molar-refractivity contribution in [2.75, 3.05) is 7.05 Å².